The molecular formula is C36H45N3O5. The number of hydrogen-bond donors (Lipinski definition) is 2. The molecule has 2 heterocycles. The number of hydrogen-bond acceptors (Lipinski definition) is 8. The summed E-state index contributed by atoms with van der Waals surface area (Å²) < 4.78 is 11.1. The van der Waals surface area contributed by atoms with Crippen molar-refractivity contribution < 1.29 is 19.4 Å². The van der Waals surface area contributed by atoms with Crippen molar-refractivity contribution in [1.82, 2.24) is 9.80 Å². The summed E-state index contributed by atoms with van der Waals surface area (Å²) >= 11 is 0. The van der Waals surface area contributed by atoms with Crippen LogP contribution in [-0.4, -0.2) is 73.9 Å². The number of phenols is 1. The van der Waals surface area contributed by atoms with Gasteiger partial charge in [0, 0.05) is 31.4 Å². The molecule has 0 saturated carbocycles. The van der Waals surface area contributed by atoms with Crippen LogP contribution in [0.15, 0.2) is 75.9 Å². The van der Waals surface area contributed by atoms with Gasteiger partial charge >= 0.3 is 0 Å². The third-order valence-electron chi connectivity index (χ3n) is 8.90. The van der Waals surface area contributed by atoms with Crippen LogP contribution < -0.4 is 15.1 Å². The van der Waals surface area contributed by atoms with Gasteiger partial charge in [0.25, 0.3) is 0 Å². The summed E-state index contributed by atoms with van der Waals surface area (Å²) in [6.07, 6.45) is 6.11. The molecule has 0 bridgehead atoms. The lowest BCUT2D eigenvalue weighted by Crippen LogP contribution is -2.34. The molecule has 8 heteroatoms. The fourth-order valence-electron chi connectivity index (χ4n) is 6.12. The Morgan fingerprint density at radius 2 is 1.61 bits per heavy atom. The van der Waals surface area contributed by atoms with Crippen molar-refractivity contribution >= 4 is 16.7 Å². The van der Waals surface area contributed by atoms with Gasteiger partial charge in [-0.05, 0) is 113 Å². The van der Waals surface area contributed by atoms with Crippen molar-refractivity contribution in [2.75, 3.05) is 58.8 Å². The molecule has 5 rings (SSSR count). The summed E-state index contributed by atoms with van der Waals surface area (Å²) in [6, 6.07) is 21.1. The Hall–Kier alpha value is -4.01. The van der Waals surface area contributed by atoms with E-state index in [-0.39, 0.29) is 28.2 Å². The van der Waals surface area contributed by atoms with Crippen molar-refractivity contribution in [3.8, 4) is 28.6 Å². The van der Waals surface area contributed by atoms with Gasteiger partial charge in [0.2, 0.25) is 16.9 Å². The third kappa shape index (κ3) is 7.55. The zero-order valence-corrected chi connectivity index (χ0v) is 26.2. The Labute approximate surface area is 260 Å². The first-order chi connectivity index (χ1) is 21.3. The van der Waals surface area contributed by atoms with Crippen LogP contribution in [0.4, 0.5) is 5.69 Å². The quantitative estimate of drug-likeness (QED) is 0.172. The van der Waals surface area contributed by atoms with Gasteiger partial charge in [-0.1, -0.05) is 30.3 Å². The highest BCUT2D eigenvalue weighted by Gasteiger charge is 2.21. The average Bonchev–Trinajstić information content (AvgIpc) is 3.05. The Bertz CT molecular complexity index is 1560. The summed E-state index contributed by atoms with van der Waals surface area (Å²) in [5, 5.41) is 20.9. The number of phenolic OH excluding ortho intramolecular Hbond substituents is 1. The maximum atomic E-state index is 12.8. The molecule has 44 heavy (non-hydrogen) atoms. The Morgan fingerprint density at radius 3 is 2.32 bits per heavy atom. The number of likely N-dealkylation sites (tertiary alicyclic amines) is 1. The first-order valence-electron chi connectivity index (χ1n) is 15.7. The number of unbranched alkanes of at least 4 members (excludes halogenated alkanes) is 1. The van der Waals surface area contributed by atoms with Crippen LogP contribution in [0.3, 0.4) is 0 Å². The molecule has 2 N–H and O–H groups in total. The molecule has 1 aromatic heterocycles. The number of fused-ring (bicyclic) bond motifs is 1. The first kappa shape index (κ1) is 31.4. The molecule has 0 amide bonds. The molecule has 0 unspecified atom stereocenters. The van der Waals surface area contributed by atoms with Gasteiger partial charge in [-0.25, -0.2) is 0 Å². The SMILES string of the molecule is COc1c(O)ccc2c(=O)c(O)c(-c3ccc(N(C)CCCCN(C)CCC4CCN(Cc5ccccc5)CC4)cc3)oc12. The minimum atomic E-state index is -0.574. The van der Waals surface area contributed by atoms with Gasteiger partial charge in [-0.15, -0.1) is 0 Å². The van der Waals surface area contributed by atoms with E-state index in [4.69, 9.17) is 9.15 Å². The zero-order valence-electron chi connectivity index (χ0n) is 26.2. The number of rotatable bonds is 13. The van der Waals surface area contributed by atoms with Crippen LogP contribution in [-0.2, 0) is 6.54 Å². The second kappa shape index (κ2) is 14.6. The predicted molar refractivity (Wildman–Crippen MR) is 177 cm³/mol. The van der Waals surface area contributed by atoms with Gasteiger partial charge in [0.05, 0.1) is 12.5 Å². The molecule has 0 spiro atoms. The minimum absolute atomic E-state index is 0.0429. The van der Waals surface area contributed by atoms with Crippen LogP contribution in [0.1, 0.15) is 37.7 Å². The average molecular weight is 600 g/mol. The molecular weight excluding hydrogens is 554 g/mol. The maximum absolute atomic E-state index is 12.8. The topological polar surface area (TPSA) is 89.6 Å². The molecule has 1 fully saturated rings. The monoisotopic (exact) mass is 599 g/mol. The van der Waals surface area contributed by atoms with E-state index >= 15 is 0 Å². The van der Waals surface area contributed by atoms with E-state index in [9.17, 15) is 15.0 Å². The molecule has 1 saturated heterocycles. The molecule has 1 aliphatic rings. The fraction of sp³-hybridized carbons (Fsp3) is 0.417. The van der Waals surface area contributed by atoms with E-state index in [1.165, 1.54) is 57.2 Å². The number of nitrogens with zero attached hydrogens (tertiary/aromatic N) is 3. The highest BCUT2D eigenvalue weighted by Crippen LogP contribution is 2.38. The van der Waals surface area contributed by atoms with Crippen LogP contribution in [0, 0.1) is 5.92 Å². The number of piperidine rings is 1. The third-order valence-corrected chi connectivity index (χ3v) is 8.90. The van der Waals surface area contributed by atoms with Gasteiger partial charge in [0.15, 0.2) is 17.1 Å². The van der Waals surface area contributed by atoms with E-state index in [2.05, 4.69) is 59.1 Å². The standard InChI is InChI=1S/C36H45N3O5/c1-37(22-17-26-18-23-39(24-19-26)25-27-9-5-4-6-10-27)20-7-8-21-38(2)29-13-11-28(12-14-29)34-33(42)32(41)30-15-16-31(40)36(43-3)35(30)44-34/h4-6,9-16,26,40,42H,7-8,17-25H2,1-3H3. The number of aromatic hydroxyl groups is 2. The number of ether oxygens (including phenoxy) is 1. The van der Waals surface area contributed by atoms with Crippen molar-refractivity contribution in [3.63, 3.8) is 0 Å². The summed E-state index contributed by atoms with van der Waals surface area (Å²) in [5.41, 5.74) is 2.54. The molecule has 8 nitrogen and oxygen atoms in total. The second-order valence-corrected chi connectivity index (χ2v) is 12.1. The van der Waals surface area contributed by atoms with Crippen molar-refractivity contribution in [2.45, 2.75) is 38.6 Å². The second-order valence-electron chi connectivity index (χ2n) is 12.1. The lowest BCUT2D eigenvalue weighted by molar-refractivity contribution is 0.162. The Morgan fingerprint density at radius 1 is 0.909 bits per heavy atom. The summed E-state index contributed by atoms with van der Waals surface area (Å²) in [7, 11) is 5.70. The number of benzene rings is 3. The minimum Gasteiger partial charge on any atom is -0.504 e. The van der Waals surface area contributed by atoms with Gasteiger partial charge in [0.1, 0.15) is 0 Å². The van der Waals surface area contributed by atoms with Crippen molar-refractivity contribution in [1.29, 1.82) is 0 Å². The van der Waals surface area contributed by atoms with Crippen LogP contribution >= 0.6 is 0 Å². The molecule has 0 aliphatic carbocycles. The number of anilines is 1. The van der Waals surface area contributed by atoms with Crippen LogP contribution in [0.25, 0.3) is 22.3 Å². The van der Waals surface area contributed by atoms with Crippen molar-refractivity contribution in [3.05, 3.63) is 82.5 Å². The van der Waals surface area contributed by atoms with E-state index < -0.39 is 11.2 Å². The summed E-state index contributed by atoms with van der Waals surface area (Å²) in [5.74, 6) is 0.323. The smallest absolute Gasteiger partial charge is 0.235 e. The molecule has 0 atom stereocenters. The summed E-state index contributed by atoms with van der Waals surface area (Å²) in [4.78, 5) is 20.1. The van der Waals surface area contributed by atoms with Crippen LogP contribution in [0.2, 0.25) is 0 Å². The van der Waals surface area contributed by atoms with Gasteiger partial charge in [-0.2, -0.15) is 0 Å². The molecule has 3 aromatic carbocycles. The van der Waals surface area contributed by atoms with E-state index in [1.807, 2.05) is 24.3 Å². The van der Waals surface area contributed by atoms with E-state index in [0.29, 0.717) is 5.56 Å². The Balaban J connectivity index is 1.05. The van der Waals surface area contributed by atoms with Crippen molar-refractivity contribution in [2.24, 2.45) is 5.92 Å². The maximum Gasteiger partial charge on any atom is 0.235 e. The lowest BCUT2D eigenvalue weighted by atomic mass is 9.93. The molecule has 0 radical (unpaired) electrons. The fourth-order valence-corrected chi connectivity index (χ4v) is 6.12. The van der Waals surface area contributed by atoms with Gasteiger partial charge in [-0.3, -0.25) is 9.69 Å². The largest absolute Gasteiger partial charge is 0.504 e. The highest BCUT2D eigenvalue weighted by atomic mass is 16.5. The number of methoxy groups -OCH3 is 1. The van der Waals surface area contributed by atoms with E-state index in [1.54, 1.807) is 0 Å². The van der Waals surface area contributed by atoms with Crippen LogP contribution in [0.5, 0.6) is 17.2 Å². The zero-order chi connectivity index (χ0) is 31.1. The van der Waals surface area contributed by atoms with E-state index in [0.717, 1.165) is 50.6 Å². The normalized spacial score (nSPS) is 14.4. The predicted octanol–water partition coefficient (Wildman–Crippen LogP) is 6.33. The lowest BCUT2D eigenvalue weighted by Gasteiger charge is -2.32. The summed E-state index contributed by atoms with van der Waals surface area (Å²) in [6.45, 7) is 6.66. The molecule has 1 aliphatic heterocycles. The Kier molecular flexibility index (Phi) is 10.5. The highest BCUT2D eigenvalue weighted by molar-refractivity contribution is 5.88. The van der Waals surface area contributed by atoms with Gasteiger partial charge < -0.3 is 29.2 Å². The molecule has 234 valence electrons. The molecule has 4 aromatic rings. The first-order valence-corrected chi connectivity index (χ1v) is 15.7.